The zero-order valence-corrected chi connectivity index (χ0v) is 18.1. The molecule has 7 nitrogen and oxygen atoms in total. The molecule has 1 fully saturated rings. The average molecular weight is 410 g/mol. The molecule has 0 saturated carbocycles. The first-order valence-corrected chi connectivity index (χ1v) is 10.1. The molecule has 1 aliphatic rings. The second-order valence-corrected chi connectivity index (χ2v) is 8.18. The van der Waals surface area contributed by atoms with Crippen molar-refractivity contribution in [1.82, 2.24) is 4.90 Å². The van der Waals surface area contributed by atoms with Gasteiger partial charge in [-0.05, 0) is 49.4 Å². The summed E-state index contributed by atoms with van der Waals surface area (Å²) in [5.74, 6) is -2.62. The molecule has 0 bridgehead atoms. The van der Waals surface area contributed by atoms with Crippen LogP contribution in [0.1, 0.15) is 51.2 Å². The van der Waals surface area contributed by atoms with Crippen molar-refractivity contribution in [3.63, 3.8) is 0 Å². The molecule has 2 rings (SSSR count). The maximum absolute atomic E-state index is 9.10. The monoisotopic (exact) mass is 409 g/mol. The molecular weight excluding hydrogens is 374 g/mol. The fourth-order valence-electron chi connectivity index (χ4n) is 3.12. The second kappa shape index (κ2) is 12.4. The van der Waals surface area contributed by atoms with E-state index in [0.717, 1.165) is 18.9 Å². The number of aliphatic carboxylic acids is 2. The highest BCUT2D eigenvalue weighted by molar-refractivity contribution is 6.27. The van der Waals surface area contributed by atoms with Gasteiger partial charge in [-0.15, -0.1) is 0 Å². The molecule has 7 heteroatoms. The summed E-state index contributed by atoms with van der Waals surface area (Å²) < 4.78 is 11.8. The lowest BCUT2D eigenvalue weighted by atomic mass is 9.85. The van der Waals surface area contributed by atoms with Crippen LogP contribution in [0.2, 0.25) is 0 Å². The number of para-hydroxylation sites is 1. The Balaban J connectivity index is 0.000000612. The summed E-state index contributed by atoms with van der Waals surface area (Å²) in [6, 6.07) is 6.39. The molecule has 1 saturated heterocycles. The van der Waals surface area contributed by atoms with Crippen molar-refractivity contribution >= 4 is 11.9 Å². The number of benzene rings is 1. The first kappa shape index (κ1) is 24.9. The predicted octanol–water partition coefficient (Wildman–Crippen LogP) is 3.33. The lowest BCUT2D eigenvalue weighted by Crippen LogP contribution is -2.32. The largest absolute Gasteiger partial charge is 0.491 e. The lowest BCUT2D eigenvalue weighted by Gasteiger charge is -2.26. The van der Waals surface area contributed by atoms with Gasteiger partial charge in [0, 0.05) is 6.54 Å². The molecule has 1 aliphatic heterocycles. The Morgan fingerprint density at radius 3 is 2.17 bits per heavy atom. The number of carbonyl (C=O) groups is 2. The molecule has 0 atom stereocenters. The maximum atomic E-state index is 9.10. The molecular formula is C22H35NO6. The summed E-state index contributed by atoms with van der Waals surface area (Å²) in [7, 11) is 0. The van der Waals surface area contributed by atoms with Crippen LogP contribution in [0.3, 0.4) is 0 Å². The number of nitrogens with zero attached hydrogens (tertiary/aromatic N) is 1. The SMILES string of the molecule is Cc1cccc(C(C)(C)C)c1OCCOCCN1CCCCC1.O=C(O)C(=O)O. The topological polar surface area (TPSA) is 96.3 Å². The van der Waals surface area contributed by atoms with Gasteiger partial charge in [0.25, 0.3) is 0 Å². The molecule has 1 heterocycles. The normalized spacial score (nSPS) is 14.6. The first-order chi connectivity index (χ1) is 13.6. The van der Waals surface area contributed by atoms with Gasteiger partial charge in [0.1, 0.15) is 12.4 Å². The third-order valence-corrected chi connectivity index (χ3v) is 4.68. The van der Waals surface area contributed by atoms with Crippen molar-refractivity contribution in [2.75, 3.05) is 39.5 Å². The summed E-state index contributed by atoms with van der Waals surface area (Å²) in [4.78, 5) is 20.7. The van der Waals surface area contributed by atoms with E-state index < -0.39 is 11.9 Å². The molecule has 164 valence electrons. The Labute approximate surface area is 173 Å². The number of carboxylic acid groups (broad SMARTS) is 2. The Morgan fingerprint density at radius 1 is 1.00 bits per heavy atom. The van der Waals surface area contributed by atoms with Gasteiger partial charge >= 0.3 is 11.9 Å². The second-order valence-electron chi connectivity index (χ2n) is 8.18. The number of aryl methyl sites for hydroxylation is 1. The number of hydrogen-bond acceptors (Lipinski definition) is 5. The van der Waals surface area contributed by atoms with E-state index in [2.05, 4.69) is 50.8 Å². The lowest BCUT2D eigenvalue weighted by molar-refractivity contribution is -0.159. The zero-order valence-electron chi connectivity index (χ0n) is 18.1. The summed E-state index contributed by atoms with van der Waals surface area (Å²) in [6.07, 6.45) is 4.07. The molecule has 2 N–H and O–H groups in total. The molecule has 0 aromatic heterocycles. The minimum Gasteiger partial charge on any atom is -0.491 e. The van der Waals surface area contributed by atoms with Gasteiger partial charge in [-0.25, -0.2) is 9.59 Å². The van der Waals surface area contributed by atoms with Gasteiger partial charge in [0.15, 0.2) is 0 Å². The van der Waals surface area contributed by atoms with Crippen molar-refractivity contribution in [1.29, 1.82) is 0 Å². The standard InChI is InChI=1S/C20H33NO2.C2H2O4/c1-17-9-8-10-18(20(2,3)4)19(17)23-16-15-22-14-13-21-11-6-5-7-12-21;3-1(4)2(5)6/h8-10H,5-7,11-16H2,1-4H3;(H,3,4)(H,5,6). The summed E-state index contributed by atoms with van der Waals surface area (Å²) in [6.45, 7) is 14.4. The summed E-state index contributed by atoms with van der Waals surface area (Å²) in [5.41, 5.74) is 2.56. The molecule has 0 unspecified atom stereocenters. The Bertz CT molecular complexity index is 635. The fourth-order valence-corrected chi connectivity index (χ4v) is 3.12. The smallest absolute Gasteiger partial charge is 0.414 e. The van der Waals surface area contributed by atoms with E-state index in [4.69, 9.17) is 29.3 Å². The van der Waals surface area contributed by atoms with Gasteiger partial charge in [0.05, 0.1) is 13.2 Å². The molecule has 0 amide bonds. The van der Waals surface area contributed by atoms with Crippen LogP contribution in [-0.2, 0) is 19.7 Å². The summed E-state index contributed by atoms with van der Waals surface area (Å²) in [5, 5.41) is 14.8. The zero-order chi connectivity index (χ0) is 21.9. The summed E-state index contributed by atoms with van der Waals surface area (Å²) >= 11 is 0. The molecule has 0 radical (unpaired) electrons. The third kappa shape index (κ3) is 9.76. The van der Waals surface area contributed by atoms with Gasteiger partial charge in [-0.1, -0.05) is 45.4 Å². The van der Waals surface area contributed by atoms with Crippen molar-refractivity contribution in [3.05, 3.63) is 29.3 Å². The van der Waals surface area contributed by atoms with Crippen LogP contribution < -0.4 is 4.74 Å². The van der Waals surface area contributed by atoms with Crippen LogP contribution in [0.15, 0.2) is 18.2 Å². The minimum atomic E-state index is -1.82. The number of ether oxygens (including phenoxy) is 2. The number of hydrogen-bond donors (Lipinski definition) is 2. The number of likely N-dealkylation sites (tertiary alicyclic amines) is 1. The van der Waals surface area contributed by atoms with E-state index in [9.17, 15) is 0 Å². The predicted molar refractivity (Wildman–Crippen MR) is 112 cm³/mol. The van der Waals surface area contributed by atoms with Crippen LogP contribution in [0, 0.1) is 6.92 Å². The molecule has 29 heavy (non-hydrogen) atoms. The highest BCUT2D eigenvalue weighted by Gasteiger charge is 2.20. The van der Waals surface area contributed by atoms with Gasteiger partial charge in [-0.2, -0.15) is 0 Å². The van der Waals surface area contributed by atoms with E-state index in [1.165, 1.54) is 43.5 Å². The first-order valence-electron chi connectivity index (χ1n) is 10.1. The van der Waals surface area contributed by atoms with Crippen molar-refractivity contribution in [3.8, 4) is 5.75 Å². The molecule has 0 spiro atoms. The number of carboxylic acids is 2. The van der Waals surface area contributed by atoms with Crippen molar-refractivity contribution in [2.24, 2.45) is 0 Å². The van der Waals surface area contributed by atoms with Crippen LogP contribution >= 0.6 is 0 Å². The van der Waals surface area contributed by atoms with E-state index in [-0.39, 0.29) is 5.41 Å². The van der Waals surface area contributed by atoms with Crippen LogP contribution in [0.25, 0.3) is 0 Å². The third-order valence-electron chi connectivity index (χ3n) is 4.68. The van der Waals surface area contributed by atoms with Gasteiger partial charge in [-0.3, -0.25) is 0 Å². The van der Waals surface area contributed by atoms with E-state index in [1.54, 1.807) is 0 Å². The van der Waals surface area contributed by atoms with Gasteiger partial charge < -0.3 is 24.6 Å². The highest BCUT2D eigenvalue weighted by atomic mass is 16.5. The van der Waals surface area contributed by atoms with E-state index in [0.29, 0.717) is 13.2 Å². The maximum Gasteiger partial charge on any atom is 0.414 e. The molecule has 1 aromatic carbocycles. The highest BCUT2D eigenvalue weighted by Crippen LogP contribution is 2.33. The molecule has 1 aromatic rings. The van der Waals surface area contributed by atoms with Gasteiger partial charge in [0.2, 0.25) is 0 Å². The number of piperidine rings is 1. The average Bonchev–Trinajstić information content (AvgIpc) is 2.66. The van der Waals surface area contributed by atoms with Crippen LogP contribution in [0.4, 0.5) is 0 Å². The van der Waals surface area contributed by atoms with Crippen LogP contribution in [0.5, 0.6) is 5.75 Å². The fraction of sp³-hybridized carbons (Fsp3) is 0.636. The van der Waals surface area contributed by atoms with E-state index >= 15 is 0 Å². The minimum absolute atomic E-state index is 0.0937. The van der Waals surface area contributed by atoms with Crippen molar-refractivity contribution in [2.45, 2.75) is 52.4 Å². The Kier molecular flexibility index (Phi) is 10.7. The Hall–Kier alpha value is -2.12. The van der Waals surface area contributed by atoms with Crippen LogP contribution in [-0.4, -0.2) is 66.5 Å². The Morgan fingerprint density at radius 2 is 1.62 bits per heavy atom. The quantitative estimate of drug-likeness (QED) is 0.527. The molecule has 0 aliphatic carbocycles. The van der Waals surface area contributed by atoms with Crippen molar-refractivity contribution < 1.29 is 29.3 Å². The van der Waals surface area contributed by atoms with E-state index in [1.807, 2.05) is 0 Å². The number of rotatable bonds is 7.